The Balaban J connectivity index is 1.87. The van der Waals surface area contributed by atoms with E-state index in [9.17, 15) is 18.4 Å². The number of thiazole rings is 1. The van der Waals surface area contributed by atoms with Gasteiger partial charge < -0.3 is 4.57 Å². The highest BCUT2D eigenvalue weighted by atomic mass is 35.5. The standard InChI is InChI=1S/C18H11ClF2N4O2S/c19-17-22-8-12(28-17)9-24-6-2-5-13-15(24)23-18(27)25(16(13)26)11-4-1-3-10(7-11)14(20)21/h1-8,14H,9H2. The van der Waals surface area contributed by atoms with Crippen LogP contribution in [0.25, 0.3) is 17.1 Å². The molecule has 6 nitrogen and oxygen atoms in total. The number of alkyl halides is 2. The van der Waals surface area contributed by atoms with Gasteiger partial charge in [-0.15, -0.1) is 11.3 Å². The van der Waals surface area contributed by atoms with Crippen molar-refractivity contribution < 1.29 is 8.78 Å². The van der Waals surface area contributed by atoms with E-state index in [0.29, 0.717) is 11.0 Å². The maximum absolute atomic E-state index is 13.0. The first kappa shape index (κ1) is 18.5. The molecule has 28 heavy (non-hydrogen) atoms. The van der Waals surface area contributed by atoms with Gasteiger partial charge in [0.1, 0.15) is 0 Å². The zero-order valence-electron chi connectivity index (χ0n) is 14.1. The molecule has 142 valence electrons. The summed E-state index contributed by atoms with van der Waals surface area (Å²) in [6.45, 7) is 0.332. The van der Waals surface area contributed by atoms with Gasteiger partial charge in [-0.3, -0.25) is 4.79 Å². The SMILES string of the molecule is O=c1nc2n(Cc3cnc(Cl)s3)cccc-2c(=O)n1-c1cccc(C(F)F)c1. The maximum Gasteiger partial charge on any atom is 0.357 e. The highest BCUT2D eigenvalue weighted by molar-refractivity contribution is 7.15. The minimum absolute atomic E-state index is 0.0480. The van der Waals surface area contributed by atoms with Crippen LogP contribution in [0.5, 0.6) is 0 Å². The van der Waals surface area contributed by atoms with E-state index in [2.05, 4.69) is 9.97 Å². The summed E-state index contributed by atoms with van der Waals surface area (Å²) < 4.78 is 28.8. The number of nitrogens with zero attached hydrogens (tertiary/aromatic N) is 4. The van der Waals surface area contributed by atoms with E-state index in [1.165, 1.54) is 35.6 Å². The fraction of sp³-hybridized carbons (Fsp3) is 0.111. The molecule has 0 atom stereocenters. The Morgan fingerprint density at radius 2 is 2.00 bits per heavy atom. The van der Waals surface area contributed by atoms with Crippen LogP contribution in [0.3, 0.4) is 0 Å². The molecule has 1 aromatic heterocycles. The lowest BCUT2D eigenvalue weighted by Crippen LogP contribution is -2.36. The smallest absolute Gasteiger partial charge is 0.327 e. The average Bonchev–Trinajstić information content (AvgIpc) is 3.07. The van der Waals surface area contributed by atoms with E-state index >= 15 is 0 Å². The van der Waals surface area contributed by atoms with E-state index in [1.54, 1.807) is 23.0 Å². The highest BCUT2D eigenvalue weighted by Gasteiger charge is 2.19. The topological polar surface area (TPSA) is 69.8 Å². The van der Waals surface area contributed by atoms with Crippen molar-refractivity contribution in [3.05, 3.63) is 84.5 Å². The molecule has 0 fully saturated rings. The van der Waals surface area contributed by atoms with Gasteiger partial charge in [0.25, 0.3) is 12.0 Å². The largest absolute Gasteiger partial charge is 0.357 e. The number of halogens is 3. The molecule has 2 aliphatic rings. The third-order valence-corrected chi connectivity index (χ3v) is 5.20. The summed E-state index contributed by atoms with van der Waals surface area (Å²) in [5.74, 6) is 0.197. The lowest BCUT2D eigenvalue weighted by atomic mass is 10.2. The van der Waals surface area contributed by atoms with Gasteiger partial charge in [0, 0.05) is 22.8 Å². The van der Waals surface area contributed by atoms with Crippen molar-refractivity contribution in [3.63, 3.8) is 0 Å². The van der Waals surface area contributed by atoms with Crippen molar-refractivity contribution >= 4 is 22.9 Å². The fourth-order valence-electron chi connectivity index (χ4n) is 2.86. The number of pyridine rings is 1. The van der Waals surface area contributed by atoms with Crippen molar-refractivity contribution in [2.75, 3.05) is 0 Å². The van der Waals surface area contributed by atoms with Gasteiger partial charge >= 0.3 is 5.69 Å². The van der Waals surface area contributed by atoms with Gasteiger partial charge in [-0.05, 0) is 24.3 Å². The molecule has 0 saturated heterocycles. The average molecular weight is 421 g/mol. The molecule has 0 saturated carbocycles. The molecule has 0 spiro atoms. The molecule has 0 N–H and O–H groups in total. The highest BCUT2D eigenvalue weighted by Crippen LogP contribution is 2.23. The second kappa shape index (κ2) is 7.25. The Labute approximate surface area is 165 Å². The first-order valence-electron chi connectivity index (χ1n) is 8.05. The van der Waals surface area contributed by atoms with Crippen LogP contribution in [-0.4, -0.2) is 19.1 Å². The van der Waals surface area contributed by atoms with Crippen LogP contribution in [0.15, 0.2) is 58.4 Å². The molecule has 4 rings (SSSR count). The van der Waals surface area contributed by atoms with Crippen molar-refractivity contribution in [2.45, 2.75) is 13.0 Å². The second-order valence-electron chi connectivity index (χ2n) is 5.88. The van der Waals surface area contributed by atoms with E-state index in [4.69, 9.17) is 11.6 Å². The van der Waals surface area contributed by atoms with Gasteiger partial charge in [-0.25, -0.2) is 23.1 Å². The van der Waals surface area contributed by atoms with Crippen LogP contribution in [0.2, 0.25) is 4.47 Å². The van der Waals surface area contributed by atoms with Crippen LogP contribution < -0.4 is 11.2 Å². The summed E-state index contributed by atoms with van der Waals surface area (Å²) in [4.78, 5) is 34.3. The molecule has 0 bridgehead atoms. The lowest BCUT2D eigenvalue weighted by Gasteiger charge is -2.14. The minimum Gasteiger partial charge on any atom is -0.327 e. The lowest BCUT2D eigenvalue weighted by molar-refractivity contribution is 0.151. The second-order valence-corrected chi connectivity index (χ2v) is 7.58. The molecule has 0 radical (unpaired) electrons. The molecule has 2 aromatic rings. The Kier molecular flexibility index (Phi) is 4.78. The summed E-state index contributed by atoms with van der Waals surface area (Å²) in [6.07, 6.45) is 0.574. The fourth-order valence-corrected chi connectivity index (χ4v) is 3.84. The van der Waals surface area contributed by atoms with Crippen LogP contribution in [0, 0.1) is 0 Å². The normalized spacial score (nSPS) is 11.4. The van der Waals surface area contributed by atoms with E-state index < -0.39 is 17.7 Å². The zero-order chi connectivity index (χ0) is 19.8. The van der Waals surface area contributed by atoms with Crippen molar-refractivity contribution in [1.29, 1.82) is 0 Å². The molecule has 3 heterocycles. The summed E-state index contributed by atoms with van der Waals surface area (Å²) >= 11 is 7.12. The third-order valence-electron chi connectivity index (χ3n) is 4.10. The van der Waals surface area contributed by atoms with Gasteiger partial charge in [-0.2, -0.15) is 4.98 Å². The summed E-state index contributed by atoms with van der Waals surface area (Å²) in [6, 6.07) is 8.31. The Morgan fingerprint density at radius 1 is 1.18 bits per heavy atom. The molecule has 0 amide bonds. The van der Waals surface area contributed by atoms with Gasteiger partial charge in [0.15, 0.2) is 10.3 Å². The number of hydrogen-bond acceptors (Lipinski definition) is 5. The van der Waals surface area contributed by atoms with E-state index in [1.807, 2.05) is 0 Å². The third kappa shape index (κ3) is 3.34. The molecule has 10 heteroatoms. The van der Waals surface area contributed by atoms with Crippen LogP contribution in [0.4, 0.5) is 8.78 Å². The Hall–Kier alpha value is -2.91. The first-order chi connectivity index (χ1) is 13.4. The Bertz CT molecular complexity index is 1250. The van der Waals surface area contributed by atoms with Gasteiger partial charge in [-0.1, -0.05) is 23.7 Å². The van der Waals surface area contributed by atoms with Gasteiger partial charge in [0.05, 0.1) is 17.8 Å². The van der Waals surface area contributed by atoms with Crippen LogP contribution in [-0.2, 0) is 6.54 Å². The minimum atomic E-state index is -2.72. The maximum atomic E-state index is 13.0. The molecule has 0 unspecified atom stereocenters. The van der Waals surface area contributed by atoms with Crippen molar-refractivity contribution in [2.24, 2.45) is 0 Å². The monoisotopic (exact) mass is 420 g/mol. The first-order valence-corrected chi connectivity index (χ1v) is 9.24. The molecular weight excluding hydrogens is 410 g/mol. The molecule has 2 aliphatic heterocycles. The summed E-state index contributed by atoms with van der Waals surface area (Å²) in [5.41, 5.74) is -1.51. The van der Waals surface area contributed by atoms with E-state index in [0.717, 1.165) is 15.5 Å². The van der Waals surface area contributed by atoms with Crippen LogP contribution in [0.1, 0.15) is 16.9 Å². The number of fused-ring (bicyclic) bond motifs is 1. The number of aromatic nitrogens is 4. The predicted molar refractivity (Wildman–Crippen MR) is 102 cm³/mol. The molecule has 1 aromatic carbocycles. The molecular formula is C18H11ClF2N4O2S. The predicted octanol–water partition coefficient (Wildman–Crippen LogP) is 3.59. The summed E-state index contributed by atoms with van der Waals surface area (Å²) in [7, 11) is 0. The number of hydrogen-bond donors (Lipinski definition) is 0. The van der Waals surface area contributed by atoms with Crippen molar-refractivity contribution in [3.8, 4) is 17.1 Å². The van der Waals surface area contributed by atoms with Gasteiger partial charge in [0.2, 0.25) is 0 Å². The number of benzene rings is 1. The molecule has 0 aliphatic carbocycles. The Morgan fingerprint density at radius 3 is 2.71 bits per heavy atom. The van der Waals surface area contributed by atoms with E-state index in [-0.39, 0.29) is 22.6 Å². The zero-order valence-corrected chi connectivity index (χ0v) is 15.6. The van der Waals surface area contributed by atoms with Crippen LogP contribution >= 0.6 is 22.9 Å². The van der Waals surface area contributed by atoms with Crippen molar-refractivity contribution in [1.82, 2.24) is 19.1 Å². The number of rotatable bonds is 4. The summed E-state index contributed by atoms with van der Waals surface area (Å²) in [5, 5.41) is 0. The quantitative estimate of drug-likeness (QED) is 0.506.